The van der Waals surface area contributed by atoms with Crippen molar-refractivity contribution in [2.45, 2.75) is 26.7 Å². The molecule has 0 atom stereocenters. The monoisotopic (exact) mass is 322 g/mol. The lowest BCUT2D eigenvalue weighted by atomic mass is 10.2. The van der Waals surface area contributed by atoms with Crippen molar-refractivity contribution in [3.05, 3.63) is 34.4 Å². The zero-order chi connectivity index (χ0) is 13.8. The molecule has 3 nitrogen and oxygen atoms in total. The Morgan fingerprint density at radius 3 is 2.53 bits per heavy atom. The lowest BCUT2D eigenvalue weighted by molar-refractivity contribution is 0.0750. The van der Waals surface area contributed by atoms with Gasteiger partial charge >= 0.3 is 0 Å². The highest BCUT2D eigenvalue weighted by atomic mass is 79.9. The van der Waals surface area contributed by atoms with Crippen molar-refractivity contribution in [2.24, 2.45) is 0 Å². The highest BCUT2D eigenvalue weighted by Crippen LogP contribution is 2.21. The number of aromatic amines is 1. The van der Waals surface area contributed by atoms with Crippen molar-refractivity contribution in [1.29, 1.82) is 0 Å². The molecular weight excluding hydrogens is 304 g/mol. The number of nitrogens with one attached hydrogen (secondary N) is 1. The molecule has 0 aliphatic rings. The van der Waals surface area contributed by atoms with Crippen LogP contribution in [0, 0.1) is 0 Å². The summed E-state index contributed by atoms with van der Waals surface area (Å²) in [7, 11) is 0. The van der Waals surface area contributed by atoms with Crippen LogP contribution in [0.15, 0.2) is 28.7 Å². The van der Waals surface area contributed by atoms with Crippen molar-refractivity contribution < 1.29 is 4.79 Å². The molecule has 2 rings (SSSR count). The second kappa shape index (κ2) is 6.24. The Morgan fingerprint density at radius 2 is 1.89 bits per heavy atom. The summed E-state index contributed by atoms with van der Waals surface area (Å²) in [6.45, 7) is 5.81. The lowest BCUT2D eigenvalue weighted by Crippen LogP contribution is -2.32. The maximum atomic E-state index is 12.5. The van der Waals surface area contributed by atoms with Gasteiger partial charge in [0.05, 0.1) is 0 Å². The van der Waals surface area contributed by atoms with Gasteiger partial charge in [0.2, 0.25) is 0 Å². The third-order valence-corrected chi connectivity index (χ3v) is 3.58. The first-order chi connectivity index (χ1) is 9.15. The van der Waals surface area contributed by atoms with Gasteiger partial charge in [-0.1, -0.05) is 29.8 Å². The van der Waals surface area contributed by atoms with E-state index in [9.17, 15) is 4.79 Å². The molecule has 1 aromatic heterocycles. The SMILES string of the molecule is CCCN(CCC)C(=O)c1cc2cc(Br)ccc2[nH]1. The summed E-state index contributed by atoms with van der Waals surface area (Å²) in [6, 6.07) is 7.91. The number of aromatic nitrogens is 1. The smallest absolute Gasteiger partial charge is 0.270 e. The van der Waals surface area contributed by atoms with Crippen LogP contribution in [0.1, 0.15) is 37.2 Å². The number of carbonyl (C=O) groups excluding carboxylic acids is 1. The van der Waals surface area contributed by atoms with E-state index >= 15 is 0 Å². The molecule has 0 aliphatic heterocycles. The molecule has 19 heavy (non-hydrogen) atoms. The Bertz CT molecular complexity index is 571. The van der Waals surface area contributed by atoms with E-state index in [1.54, 1.807) is 0 Å². The molecule has 0 saturated carbocycles. The fraction of sp³-hybridized carbons (Fsp3) is 0.400. The Morgan fingerprint density at radius 1 is 1.21 bits per heavy atom. The molecule has 0 saturated heterocycles. The van der Waals surface area contributed by atoms with E-state index in [1.165, 1.54) is 0 Å². The van der Waals surface area contributed by atoms with Crippen LogP contribution in [0.2, 0.25) is 0 Å². The molecule has 0 unspecified atom stereocenters. The largest absolute Gasteiger partial charge is 0.351 e. The molecular formula is C15H19BrN2O. The van der Waals surface area contributed by atoms with Crippen LogP contribution in [0.5, 0.6) is 0 Å². The number of hydrogen-bond donors (Lipinski definition) is 1. The predicted octanol–water partition coefficient (Wildman–Crippen LogP) is 4.19. The summed E-state index contributed by atoms with van der Waals surface area (Å²) < 4.78 is 1.02. The summed E-state index contributed by atoms with van der Waals surface area (Å²) in [4.78, 5) is 17.6. The number of H-pyrrole nitrogens is 1. The van der Waals surface area contributed by atoms with Crippen molar-refractivity contribution in [1.82, 2.24) is 9.88 Å². The van der Waals surface area contributed by atoms with Gasteiger partial charge in [-0.25, -0.2) is 0 Å². The molecule has 0 radical (unpaired) electrons. The van der Waals surface area contributed by atoms with E-state index in [2.05, 4.69) is 34.8 Å². The Hall–Kier alpha value is -1.29. The van der Waals surface area contributed by atoms with Gasteiger partial charge in [0.25, 0.3) is 5.91 Å². The number of amides is 1. The number of halogens is 1. The third-order valence-electron chi connectivity index (χ3n) is 3.09. The van der Waals surface area contributed by atoms with Gasteiger partial charge in [-0.2, -0.15) is 0 Å². The average molecular weight is 323 g/mol. The molecule has 0 aliphatic carbocycles. The van der Waals surface area contributed by atoms with Gasteiger partial charge < -0.3 is 9.88 Å². The first-order valence-corrected chi connectivity index (χ1v) is 7.52. The fourth-order valence-corrected chi connectivity index (χ4v) is 2.62. The summed E-state index contributed by atoms with van der Waals surface area (Å²) in [5.41, 5.74) is 1.68. The number of fused-ring (bicyclic) bond motifs is 1. The van der Waals surface area contributed by atoms with Crippen LogP contribution in [0.25, 0.3) is 10.9 Å². The fourth-order valence-electron chi connectivity index (χ4n) is 2.24. The lowest BCUT2D eigenvalue weighted by Gasteiger charge is -2.20. The number of carbonyl (C=O) groups is 1. The first kappa shape index (κ1) is 14.1. The highest BCUT2D eigenvalue weighted by Gasteiger charge is 2.16. The molecule has 0 fully saturated rings. The van der Waals surface area contributed by atoms with Gasteiger partial charge in [0, 0.05) is 28.5 Å². The predicted molar refractivity (Wildman–Crippen MR) is 82.5 cm³/mol. The molecule has 0 bridgehead atoms. The molecule has 1 amide bonds. The van der Waals surface area contributed by atoms with Crippen LogP contribution >= 0.6 is 15.9 Å². The van der Waals surface area contributed by atoms with Crippen LogP contribution in [0.3, 0.4) is 0 Å². The van der Waals surface area contributed by atoms with E-state index in [-0.39, 0.29) is 5.91 Å². The second-order valence-electron chi connectivity index (χ2n) is 4.71. The van der Waals surface area contributed by atoms with E-state index in [0.29, 0.717) is 5.69 Å². The van der Waals surface area contributed by atoms with Crippen LogP contribution in [-0.2, 0) is 0 Å². The summed E-state index contributed by atoms with van der Waals surface area (Å²) in [5.74, 6) is 0.0935. The summed E-state index contributed by atoms with van der Waals surface area (Å²) in [5, 5.41) is 1.06. The van der Waals surface area contributed by atoms with Crippen LogP contribution in [0.4, 0.5) is 0 Å². The second-order valence-corrected chi connectivity index (χ2v) is 5.62. The van der Waals surface area contributed by atoms with E-state index in [1.807, 2.05) is 29.2 Å². The molecule has 102 valence electrons. The number of hydrogen-bond acceptors (Lipinski definition) is 1. The zero-order valence-corrected chi connectivity index (χ0v) is 13.0. The standard InChI is InChI=1S/C15H19BrN2O/c1-3-7-18(8-4-2)15(19)14-10-11-9-12(16)5-6-13(11)17-14/h5-6,9-10,17H,3-4,7-8H2,1-2H3. The van der Waals surface area contributed by atoms with Crippen LogP contribution in [-0.4, -0.2) is 28.9 Å². The van der Waals surface area contributed by atoms with Crippen molar-refractivity contribution in [3.8, 4) is 0 Å². The molecule has 4 heteroatoms. The zero-order valence-electron chi connectivity index (χ0n) is 11.4. The van der Waals surface area contributed by atoms with Crippen LogP contribution < -0.4 is 0 Å². The van der Waals surface area contributed by atoms with E-state index in [0.717, 1.165) is 41.3 Å². The minimum absolute atomic E-state index is 0.0935. The quantitative estimate of drug-likeness (QED) is 0.880. The molecule has 1 heterocycles. The molecule has 2 aromatic rings. The van der Waals surface area contributed by atoms with Gasteiger partial charge in [0.1, 0.15) is 5.69 Å². The van der Waals surface area contributed by atoms with Crippen molar-refractivity contribution in [3.63, 3.8) is 0 Å². The average Bonchev–Trinajstić information content (AvgIpc) is 2.80. The van der Waals surface area contributed by atoms with Gasteiger partial charge in [-0.05, 0) is 37.1 Å². The third kappa shape index (κ3) is 3.18. The maximum Gasteiger partial charge on any atom is 0.270 e. The van der Waals surface area contributed by atoms with E-state index in [4.69, 9.17) is 0 Å². The number of benzene rings is 1. The van der Waals surface area contributed by atoms with Crippen molar-refractivity contribution >= 4 is 32.7 Å². The summed E-state index contributed by atoms with van der Waals surface area (Å²) in [6.07, 6.45) is 1.97. The Balaban J connectivity index is 2.29. The van der Waals surface area contributed by atoms with Gasteiger partial charge in [-0.15, -0.1) is 0 Å². The highest BCUT2D eigenvalue weighted by molar-refractivity contribution is 9.10. The topological polar surface area (TPSA) is 36.1 Å². The van der Waals surface area contributed by atoms with Crippen molar-refractivity contribution in [2.75, 3.05) is 13.1 Å². The minimum atomic E-state index is 0.0935. The first-order valence-electron chi connectivity index (χ1n) is 6.73. The molecule has 0 spiro atoms. The number of rotatable bonds is 5. The molecule has 1 N–H and O–H groups in total. The van der Waals surface area contributed by atoms with Gasteiger partial charge in [-0.3, -0.25) is 4.79 Å². The minimum Gasteiger partial charge on any atom is -0.351 e. The van der Waals surface area contributed by atoms with E-state index < -0.39 is 0 Å². The maximum absolute atomic E-state index is 12.5. The molecule has 1 aromatic carbocycles. The normalized spacial score (nSPS) is 10.9. The number of nitrogens with zero attached hydrogens (tertiary/aromatic N) is 1. The van der Waals surface area contributed by atoms with Gasteiger partial charge in [0.15, 0.2) is 0 Å². The Kier molecular flexibility index (Phi) is 4.64. The Labute approximate surface area is 122 Å². The summed E-state index contributed by atoms with van der Waals surface area (Å²) >= 11 is 3.45.